The van der Waals surface area contributed by atoms with Crippen molar-refractivity contribution in [2.24, 2.45) is 0 Å². The van der Waals surface area contributed by atoms with Gasteiger partial charge in [0.05, 0.1) is 20.1 Å². The SMILES string of the molecule is C=CC(=O)OC.CCOCC(OC(C)=O)C(=O)CC(C)=O. The number of methoxy groups -OCH3 is 1. The highest BCUT2D eigenvalue weighted by molar-refractivity contribution is 6.00. The highest BCUT2D eigenvalue weighted by Crippen LogP contribution is 2.01. The van der Waals surface area contributed by atoms with Crippen LogP contribution in [0.3, 0.4) is 0 Å². The van der Waals surface area contributed by atoms with E-state index in [-0.39, 0.29) is 18.8 Å². The Bertz CT molecular complexity index is 374. The summed E-state index contributed by atoms with van der Waals surface area (Å²) in [7, 11) is 1.31. The number of Topliss-reactive ketones (excluding diaryl/α,β-unsaturated/α-hetero) is 2. The summed E-state index contributed by atoms with van der Waals surface area (Å²) in [6, 6.07) is 0. The predicted molar refractivity (Wildman–Crippen MR) is 74.6 cm³/mol. The Morgan fingerprint density at radius 1 is 1.19 bits per heavy atom. The van der Waals surface area contributed by atoms with Crippen molar-refractivity contribution in [2.75, 3.05) is 20.3 Å². The average molecular weight is 302 g/mol. The minimum Gasteiger partial charge on any atom is -0.466 e. The lowest BCUT2D eigenvalue weighted by atomic mass is 10.1. The molecular weight excluding hydrogens is 280 g/mol. The van der Waals surface area contributed by atoms with Gasteiger partial charge in [-0.3, -0.25) is 14.4 Å². The van der Waals surface area contributed by atoms with E-state index in [0.717, 1.165) is 6.08 Å². The molecule has 7 heteroatoms. The Kier molecular flexibility index (Phi) is 13.2. The van der Waals surface area contributed by atoms with Gasteiger partial charge in [-0.25, -0.2) is 4.79 Å². The van der Waals surface area contributed by atoms with Crippen molar-refractivity contribution in [1.29, 1.82) is 0 Å². The summed E-state index contributed by atoms with van der Waals surface area (Å²) in [6.07, 6.45) is -0.0864. The third-order valence-corrected chi connectivity index (χ3v) is 1.93. The molecule has 0 aliphatic carbocycles. The van der Waals surface area contributed by atoms with Gasteiger partial charge in [0.15, 0.2) is 11.9 Å². The molecule has 0 aromatic carbocycles. The maximum Gasteiger partial charge on any atom is 0.329 e. The van der Waals surface area contributed by atoms with Crippen molar-refractivity contribution in [2.45, 2.75) is 33.3 Å². The number of ether oxygens (including phenoxy) is 3. The average Bonchev–Trinajstić information content (AvgIpc) is 2.41. The van der Waals surface area contributed by atoms with E-state index in [1.807, 2.05) is 0 Å². The van der Waals surface area contributed by atoms with Crippen LogP contribution in [0.2, 0.25) is 0 Å². The minimum atomic E-state index is -0.966. The molecule has 0 rings (SSSR count). The minimum absolute atomic E-state index is 0.00218. The summed E-state index contributed by atoms with van der Waals surface area (Å²) in [6.45, 7) is 7.86. The number of ketones is 2. The van der Waals surface area contributed by atoms with E-state index in [1.54, 1.807) is 6.92 Å². The zero-order valence-corrected chi connectivity index (χ0v) is 12.8. The van der Waals surface area contributed by atoms with Crippen molar-refractivity contribution >= 4 is 23.5 Å². The second-order valence-electron chi connectivity index (χ2n) is 3.83. The lowest BCUT2D eigenvalue weighted by molar-refractivity contribution is -0.157. The highest BCUT2D eigenvalue weighted by atomic mass is 16.6. The summed E-state index contributed by atoms with van der Waals surface area (Å²) < 4.78 is 13.9. The van der Waals surface area contributed by atoms with Crippen LogP contribution in [0.1, 0.15) is 27.2 Å². The first-order valence-electron chi connectivity index (χ1n) is 6.25. The highest BCUT2D eigenvalue weighted by Gasteiger charge is 2.22. The number of hydrogen-bond donors (Lipinski definition) is 0. The number of hydrogen-bond acceptors (Lipinski definition) is 7. The molecule has 0 aromatic rings. The zero-order valence-electron chi connectivity index (χ0n) is 12.8. The Labute approximate surface area is 124 Å². The quantitative estimate of drug-likeness (QED) is 0.372. The van der Waals surface area contributed by atoms with Gasteiger partial charge >= 0.3 is 11.9 Å². The summed E-state index contributed by atoms with van der Waals surface area (Å²) in [5.41, 5.74) is 0. The lowest BCUT2D eigenvalue weighted by Crippen LogP contribution is -2.32. The molecular formula is C14H22O7. The molecule has 0 bridgehead atoms. The van der Waals surface area contributed by atoms with Crippen molar-refractivity contribution in [3.8, 4) is 0 Å². The van der Waals surface area contributed by atoms with Gasteiger partial charge in [0.2, 0.25) is 0 Å². The number of rotatable bonds is 8. The summed E-state index contributed by atoms with van der Waals surface area (Å²) in [5, 5.41) is 0. The Morgan fingerprint density at radius 2 is 1.76 bits per heavy atom. The molecule has 21 heavy (non-hydrogen) atoms. The molecule has 7 nitrogen and oxygen atoms in total. The van der Waals surface area contributed by atoms with Crippen LogP contribution in [-0.4, -0.2) is 49.9 Å². The molecule has 0 aliphatic rings. The first-order chi connectivity index (χ1) is 9.78. The van der Waals surface area contributed by atoms with Crippen molar-refractivity contribution < 1.29 is 33.4 Å². The molecule has 0 saturated carbocycles. The largest absolute Gasteiger partial charge is 0.466 e. The molecule has 0 amide bonds. The monoisotopic (exact) mass is 302 g/mol. The van der Waals surface area contributed by atoms with Gasteiger partial charge in [-0.05, 0) is 13.8 Å². The van der Waals surface area contributed by atoms with E-state index in [1.165, 1.54) is 21.0 Å². The van der Waals surface area contributed by atoms with Crippen molar-refractivity contribution in [3.63, 3.8) is 0 Å². The van der Waals surface area contributed by atoms with E-state index < -0.39 is 23.8 Å². The van der Waals surface area contributed by atoms with Crippen LogP contribution in [0.15, 0.2) is 12.7 Å². The Hall–Kier alpha value is -2.02. The maximum absolute atomic E-state index is 11.4. The molecule has 0 N–H and O–H groups in total. The molecule has 0 heterocycles. The second-order valence-corrected chi connectivity index (χ2v) is 3.83. The zero-order chi connectivity index (χ0) is 16.8. The van der Waals surface area contributed by atoms with Crippen LogP contribution in [0.25, 0.3) is 0 Å². The van der Waals surface area contributed by atoms with Gasteiger partial charge in [0, 0.05) is 19.6 Å². The van der Waals surface area contributed by atoms with E-state index in [0.29, 0.717) is 6.61 Å². The van der Waals surface area contributed by atoms with Crippen LogP contribution in [0.5, 0.6) is 0 Å². The molecule has 0 spiro atoms. The summed E-state index contributed by atoms with van der Waals surface area (Å²) in [4.78, 5) is 42.7. The van der Waals surface area contributed by atoms with Gasteiger partial charge in [0.1, 0.15) is 5.78 Å². The van der Waals surface area contributed by atoms with Gasteiger partial charge in [-0.15, -0.1) is 0 Å². The number of esters is 2. The summed E-state index contributed by atoms with van der Waals surface area (Å²) >= 11 is 0. The van der Waals surface area contributed by atoms with Gasteiger partial charge in [-0.2, -0.15) is 0 Å². The van der Waals surface area contributed by atoms with E-state index in [9.17, 15) is 19.2 Å². The molecule has 1 atom stereocenters. The molecule has 0 aliphatic heterocycles. The van der Waals surface area contributed by atoms with E-state index in [2.05, 4.69) is 11.3 Å². The second kappa shape index (κ2) is 13.0. The molecule has 1 unspecified atom stereocenters. The third-order valence-electron chi connectivity index (χ3n) is 1.93. The first-order valence-corrected chi connectivity index (χ1v) is 6.25. The Balaban J connectivity index is 0. The van der Waals surface area contributed by atoms with Crippen molar-refractivity contribution in [1.82, 2.24) is 0 Å². The number of carbonyl (C=O) groups is 4. The Morgan fingerprint density at radius 3 is 2.05 bits per heavy atom. The number of carbonyl (C=O) groups excluding carboxylic acids is 4. The molecule has 0 saturated heterocycles. The normalized spacial score (nSPS) is 10.5. The van der Waals surface area contributed by atoms with Crippen LogP contribution >= 0.6 is 0 Å². The molecule has 120 valence electrons. The van der Waals surface area contributed by atoms with Gasteiger partial charge in [-0.1, -0.05) is 6.58 Å². The fourth-order valence-corrected chi connectivity index (χ4v) is 1.06. The molecule has 0 aromatic heterocycles. The fraction of sp³-hybridized carbons (Fsp3) is 0.571. The lowest BCUT2D eigenvalue weighted by Gasteiger charge is -2.14. The van der Waals surface area contributed by atoms with Crippen molar-refractivity contribution in [3.05, 3.63) is 12.7 Å². The van der Waals surface area contributed by atoms with Crippen LogP contribution in [0, 0.1) is 0 Å². The smallest absolute Gasteiger partial charge is 0.329 e. The summed E-state index contributed by atoms with van der Waals surface area (Å²) in [5.74, 6) is -1.63. The van der Waals surface area contributed by atoms with Crippen LogP contribution in [0.4, 0.5) is 0 Å². The van der Waals surface area contributed by atoms with Crippen LogP contribution < -0.4 is 0 Å². The first kappa shape index (κ1) is 21.3. The van der Waals surface area contributed by atoms with Crippen LogP contribution in [-0.2, 0) is 33.4 Å². The maximum atomic E-state index is 11.4. The van der Waals surface area contributed by atoms with Gasteiger partial charge < -0.3 is 14.2 Å². The molecule has 0 fully saturated rings. The standard InChI is InChI=1S/C10H16O5.C4H6O2/c1-4-14-6-10(15-8(3)12)9(13)5-7(2)11;1-3-4(5)6-2/h10H,4-6H2,1-3H3;3H,1H2,2H3. The predicted octanol–water partition coefficient (Wildman–Crippen LogP) is 0.848. The molecule has 0 radical (unpaired) electrons. The van der Waals surface area contributed by atoms with E-state index >= 15 is 0 Å². The van der Waals surface area contributed by atoms with E-state index in [4.69, 9.17) is 9.47 Å². The topological polar surface area (TPSA) is 96.0 Å². The van der Waals surface area contributed by atoms with Gasteiger partial charge in [0.25, 0.3) is 0 Å². The third kappa shape index (κ3) is 14.2. The fourth-order valence-electron chi connectivity index (χ4n) is 1.06.